The zero-order chi connectivity index (χ0) is 35.7. The molecule has 0 atom stereocenters. The van der Waals surface area contributed by atoms with Crippen molar-refractivity contribution in [2.75, 3.05) is 14.7 Å². The third-order valence-corrected chi connectivity index (χ3v) is 6.86. The molecule has 4 aromatic carbocycles. The average Bonchev–Trinajstić information content (AvgIpc) is 2.98. The number of benzene rings is 4. The monoisotopic (exact) mass is 665 g/mol. The summed E-state index contributed by atoms with van der Waals surface area (Å²) < 4.78 is 23.9. The van der Waals surface area contributed by atoms with Gasteiger partial charge in [-0.15, -0.1) is 0 Å². The second kappa shape index (κ2) is 13.2. The van der Waals surface area contributed by atoms with E-state index in [1.807, 2.05) is 36.4 Å². The van der Waals surface area contributed by atoms with Gasteiger partial charge in [0.25, 0.3) is 0 Å². The van der Waals surface area contributed by atoms with Crippen LogP contribution in [0.5, 0.6) is 11.5 Å². The molecule has 1 aliphatic heterocycles. The Kier molecular flexibility index (Phi) is 9.37. The highest BCUT2D eigenvalue weighted by atomic mass is 16.6. The number of nitrogens with zero attached hydrogens (tertiary/aromatic N) is 3. The van der Waals surface area contributed by atoms with Crippen LogP contribution in [0.15, 0.2) is 97.1 Å². The van der Waals surface area contributed by atoms with Crippen LogP contribution in [0.25, 0.3) is 0 Å². The number of carbonyl (C=O) groups is 3. The van der Waals surface area contributed by atoms with Crippen molar-refractivity contribution in [2.45, 2.75) is 79.1 Å². The number of anilines is 6. The molecule has 1 heterocycles. The lowest BCUT2D eigenvalue weighted by Crippen LogP contribution is -2.36. The van der Waals surface area contributed by atoms with E-state index >= 15 is 0 Å². The molecule has 10 heteroatoms. The Morgan fingerprint density at radius 2 is 0.878 bits per heavy atom. The maximum atomic E-state index is 13.8. The van der Waals surface area contributed by atoms with Gasteiger partial charge in [0, 0.05) is 12.1 Å². The van der Waals surface area contributed by atoms with Gasteiger partial charge in [0.05, 0.1) is 34.1 Å². The van der Waals surface area contributed by atoms with Crippen LogP contribution < -0.4 is 19.4 Å². The molecule has 10 nitrogen and oxygen atoms in total. The summed E-state index contributed by atoms with van der Waals surface area (Å²) >= 11 is 0. The van der Waals surface area contributed by atoms with Crippen LogP contribution in [0.1, 0.15) is 62.3 Å². The Labute approximate surface area is 287 Å². The maximum Gasteiger partial charge on any atom is 0.419 e. The zero-order valence-corrected chi connectivity index (χ0v) is 29.4. The molecule has 256 valence electrons. The first kappa shape index (κ1) is 34.8. The quantitative estimate of drug-likeness (QED) is 0.200. The molecule has 0 aromatic heterocycles. The van der Waals surface area contributed by atoms with Crippen LogP contribution in [-0.4, -0.2) is 35.1 Å². The lowest BCUT2D eigenvalue weighted by molar-refractivity contribution is 0.0584. The minimum absolute atomic E-state index is 0.279. The SMILES string of the molecule is CC(C)(C)OC(=O)N(c1ccccc1)c1ccc2c(c1)Oc1cc(N(C(=O)OC(C)(C)C)c3ccccc3)ccc1N2C(=O)OC(C)(C)C. The Morgan fingerprint density at radius 3 is 1.22 bits per heavy atom. The van der Waals surface area contributed by atoms with E-state index in [0.29, 0.717) is 34.1 Å². The van der Waals surface area contributed by atoms with Crippen LogP contribution >= 0.6 is 0 Å². The standard InChI is InChI=1S/C39H43N3O7/c1-37(2,3)47-34(43)40(26-16-12-10-13-17-26)28-20-22-30-32(24-28)46-33-25-29(21-23-31(33)42(30)36(45)49-39(7,8)9)41(27-18-14-11-15-19-27)35(44)48-38(4,5)6/h10-25H,1-9H3. The summed E-state index contributed by atoms with van der Waals surface area (Å²) in [7, 11) is 0. The van der Waals surface area contributed by atoms with Crippen LogP contribution in [0.2, 0.25) is 0 Å². The molecule has 0 N–H and O–H groups in total. The predicted octanol–water partition coefficient (Wildman–Crippen LogP) is 11.0. The van der Waals surface area contributed by atoms with Crippen LogP contribution in [0, 0.1) is 0 Å². The van der Waals surface area contributed by atoms with Gasteiger partial charge in [-0.2, -0.15) is 0 Å². The number of fused-ring (bicyclic) bond motifs is 2. The number of hydrogen-bond donors (Lipinski definition) is 0. The lowest BCUT2D eigenvalue weighted by atomic mass is 10.1. The molecule has 0 unspecified atom stereocenters. The van der Waals surface area contributed by atoms with Crippen molar-refractivity contribution in [3.63, 3.8) is 0 Å². The van der Waals surface area contributed by atoms with Crippen LogP contribution in [0.3, 0.4) is 0 Å². The van der Waals surface area contributed by atoms with E-state index in [-0.39, 0.29) is 11.5 Å². The third kappa shape index (κ3) is 8.32. The Morgan fingerprint density at radius 1 is 0.510 bits per heavy atom. The van der Waals surface area contributed by atoms with E-state index in [4.69, 9.17) is 18.9 Å². The summed E-state index contributed by atoms with van der Waals surface area (Å²) in [6.07, 6.45) is -1.80. The largest absolute Gasteiger partial charge is 0.453 e. The summed E-state index contributed by atoms with van der Waals surface area (Å²) in [5, 5.41) is 0. The minimum Gasteiger partial charge on any atom is -0.453 e. The van der Waals surface area contributed by atoms with Gasteiger partial charge in [-0.05, 0) is 111 Å². The minimum atomic E-state index is -0.794. The number of ether oxygens (including phenoxy) is 4. The maximum absolute atomic E-state index is 13.8. The summed E-state index contributed by atoms with van der Waals surface area (Å²) in [5.41, 5.74) is 0.560. The summed E-state index contributed by atoms with van der Waals surface area (Å²) in [6.45, 7) is 16.2. The van der Waals surface area contributed by atoms with Crippen molar-refractivity contribution in [1.29, 1.82) is 0 Å². The Bertz CT molecular complexity index is 1720. The Hall–Kier alpha value is -5.51. The average molecular weight is 666 g/mol. The number of hydrogen-bond acceptors (Lipinski definition) is 7. The van der Waals surface area contributed by atoms with E-state index in [0.717, 1.165) is 0 Å². The molecule has 0 fully saturated rings. The highest BCUT2D eigenvalue weighted by Gasteiger charge is 2.35. The van der Waals surface area contributed by atoms with E-state index in [1.54, 1.807) is 123 Å². The molecular formula is C39H43N3O7. The highest BCUT2D eigenvalue weighted by Crippen LogP contribution is 2.50. The fraction of sp³-hybridized carbons (Fsp3) is 0.308. The van der Waals surface area contributed by atoms with Gasteiger partial charge in [0.15, 0.2) is 11.5 Å². The van der Waals surface area contributed by atoms with E-state index < -0.39 is 35.1 Å². The molecule has 49 heavy (non-hydrogen) atoms. The first-order valence-electron chi connectivity index (χ1n) is 16.1. The number of amides is 3. The van der Waals surface area contributed by atoms with Gasteiger partial charge in [-0.3, -0.25) is 0 Å². The molecule has 5 rings (SSSR count). The molecule has 0 saturated heterocycles. The van der Waals surface area contributed by atoms with Gasteiger partial charge in [0.1, 0.15) is 16.8 Å². The highest BCUT2D eigenvalue weighted by molar-refractivity contribution is 6.04. The van der Waals surface area contributed by atoms with Crippen molar-refractivity contribution < 1.29 is 33.3 Å². The number of carbonyl (C=O) groups excluding carboxylic acids is 3. The van der Waals surface area contributed by atoms with Gasteiger partial charge in [0.2, 0.25) is 0 Å². The van der Waals surface area contributed by atoms with E-state index in [9.17, 15) is 14.4 Å². The molecule has 0 saturated carbocycles. The van der Waals surface area contributed by atoms with E-state index in [1.165, 1.54) is 14.7 Å². The number of para-hydroxylation sites is 2. The molecule has 0 bridgehead atoms. The normalized spacial score (nSPS) is 12.6. The fourth-order valence-electron chi connectivity index (χ4n) is 5.06. The van der Waals surface area contributed by atoms with Gasteiger partial charge in [-0.25, -0.2) is 29.1 Å². The Balaban J connectivity index is 1.64. The summed E-state index contributed by atoms with van der Waals surface area (Å²) in [5.74, 6) is 0.557. The third-order valence-electron chi connectivity index (χ3n) is 6.86. The molecule has 0 spiro atoms. The fourth-order valence-corrected chi connectivity index (χ4v) is 5.06. The first-order valence-corrected chi connectivity index (χ1v) is 16.1. The zero-order valence-electron chi connectivity index (χ0n) is 29.4. The van der Waals surface area contributed by atoms with Crippen LogP contribution in [-0.2, 0) is 14.2 Å². The topological polar surface area (TPSA) is 97.9 Å². The van der Waals surface area contributed by atoms with Gasteiger partial charge < -0.3 is 18.9 Å². The smallest absolute Gasteiger partial charge is 0.419 e. The predicted molar refractivity (Wildman–Crippen MR) is 191 cm³/mol. The molecule has 0 radical (unpaired) electrons. The van der Waals surface area contributed by atoms with Crippen LogP contribution in [0.4, 0.5) is 48.5 Å². The lowest BCUT2D eigenvalue weighted by Gasteiger charge is -2.34. The molecule has 0 aliphatic carbocycles. The van der Waals surface area contributed by atoms with Crippen molar-refractivity contribution in [1.82, 2.24) is 0 Å². The van der Waals surface area contributed by atoms with E-state index in [2.05, 4.69) is 0 Å². The number of rotatable bonds is 4. The molecule has 3 amide bonds. The summed E-state index contributed by atoms with van der Waals surface area (Å²) in [4.78, 5) is 45.3. The van der Waals surface area contributed by atoms with Gasteiger partial charge in [-0.1, -0.05) is 36.4 Å². The second-order valence-electron chi connectivity index (χ2n) is 14.5. The molecule has 4 aromatic rings. The van der Waals surface area contributed by atoms with Crippen molar-refractivity contribution in [3.8, 4) is 11.5 Å². The molecule has 1 aliphatic rings. The van der Waals surface area contributed by atoms with Crippen molar-refractivity contribution in [2.24, 2.45) is 0 Å². The van der Waals surface area contributed by atoms with Gasteiger partial charge >= 0.3 is 18.3 Å². The first-order chi connectivity index (χ1) is 22.9. The van der Waals surface area contributed by atoms with Crippen molar-refractivity contribution in [3.05, 3.63) is 97.1 Å². The summed E-state index contributed by atoms with van der Waals surface area (Å²) in [6, 6.07) is 28.4. The van der Waals surface area contributed by atoms with Crippen molar-refractivity contribution >= 4 is 52.4 Å². The second-order valence-corrected chi connectivity index (χ2v) is 14.5. The molecular weight excluding hydrogens is 622 g/mol.